The van der Waals surface area contributed by atoms with Gasteiger partial charge in [0.1, 0.15) is 0 Å². The van der Waals surface area contributed by atoms with E-state index in [9.17, 15) is 0 Å². The Morgan fingerprint density at radius 1 is 1.06 bits per heavy atom. The molecule has 2 heteroatoms. The summed E-state index contributed by atoms with van der Waals surface area (Å²) < 4.78 is 0. The van der Waals surface area contributed by atoms with E-state index in [1.807, 2.05) is 0 Å². The molecule has 0 aromatic heterocycles. The average Bonchev–Trinajstić information content (AvgIpc) is 2.57. The smallest absolute Gasteiger partial charge is 0.00952 e. The lowest BCUT2D eigenvalue weighted by Gasteiger charge is -2.31. The molecular weight excluding hydrogens is 208 g/mol. The fourth-order valence-corrected chi connectivity index (χ4v) is 2.82. The van der Waals surface area contributed by atoms with Crippen molar-refractivity contribution >= 4 is 0 Å². The van der Waals surface area contributed by atoms with Crippen LogP contribution in [-0.4, -0.2) is 30.6 Å². The first-order valence-corrected chi connectivity index (χ1v) is 7.68. The van der Waals surface area contributed by atoms with Gasteiger partial charge in [-0.2, -0.15) is 0 Å². The summed E-state index contributed by atoms with van der Waals surface area (Å²) in [7, 11) is 0. The summed E-state index contributed by atoms with van der Waals surface area (Å²) in [5.41, 5.74) is 5.67. The molecule has 1 rings (SSSR count). The molecule has 0 bridgehead atoms. The highest BCUT2D eigenvalue weighted by molar-refractivity contribution is 4.75. The van der Waals surface area contributed by atoms with Crippen molar-refractivity contribution in [1.29, 1.82) is 0 Å². The molecule has 0 radical (unpaired) electrons. The van der Waals surface area contributed by atoms with Gasteiger partial charge in [0.05, 0.1) is 0 Å². The molecule has 0 saturated heterocycles. The minimum atomic E-state index is 0.821. The first-order chi connectivity index (χ1) is 8.24. The molecule has 0 aromatic carbocycles. The molecule has 17 heavy (non-hydrogen) atoms. The second kappa shape index (κ2) is 8.93. The number of nitrogens with zero attached hydrogens (tertiary/aromatic N) is 1. The molecule has 0 atom stereocenters. The molecule has 0 aliphatic heterocycles. The van der Waals surface area contributed by atoms with Gasteiger partial charge in [-0.3, -0.25) is 0 Å². The monoisotopic (exact) mass is 240 g/mol. The van der Waals surface area contributed by atoms with Gasteiger partial charge in [0, 0.05) is 6.04 Å². The van der Waals surface area contributed by atoms with E-state index in [0.717, 1.165) is 24.9 Å². The second-order valence-corrected chi connectivity index (χ2v) is 6.01. The van der Waals surface area contributed by atoms with Crippen molar-refractivity contribution in [1.82, 2.24) is 4.90 Å². The predicted molar refractivity (Wildman–Crippen MR) is 76.2 cm³/mol. The Morgan fingerprint density at radius 3 is 2.24 bits per heavy atom. The average molecular weight is 240 g/mol. The van der Waals surface area contributed by atoms with Crippen molar-refractivity contribution in [2.45, 2.75) is 71.3 Å². The summed E-state index contributed by atoms with van der Waals surface area (Å²) >= 11 is 0. The second-order valence-electron chi connectivity index (χ2n) is 6.01. The number of nitrogens with two attached hydrogens (primary N) is 1. The third-order valence-electron chi connectivity index (χ3n) is 3.98. The molecule has 0 amide bonds. The van der Waals surface area contributed by atoms with Gasteiger partial charge in [-0.15, -0.1) is 0 Å². The molecule has 0 unspecified atom stereocenters. The summed E-state index contributed by atoms with van der Waals surface area (Å²) in [5.74, 6) is 0.821. The van der Waals surface area contributed by atoms with Crippen LogP contribution in [0.25, 0.3) is 0 Å². The van der Waals surface area contributed by atoms with Crippen molar-refractivity contribution in [3.05, 3.63) is 0 Å². The maximum absolute atomic E-state index is 5.67. The fraction of sp³-hybridized carbons (Fsp3) is 1.00. The number of rotatable bonds is 7. The Hall–Kier alpha value is -0.0800. The van der Waals surface area contributed by atoms with Gasteiger partial charge >= 0.3 is 0 Å². The Bertz CT molecular complexity index is 172. The lowest BCUT2D eigenvalue weighted by molar-refractivity contribution is 0.169. The predicted octanol–water partition coefficient (Wildman–Crippen LogP) is 3.41. The molecule has 0 spiro atoms. The van der Waals surface area contributed by atoms with Gasteiger partial charge in [-0.25, -0.2) is 0 Å². The van der Waals surface area contributed by atoms with Crippen LogP contribution in [0, 0.1) is 5.92 Å². The van der Waals surface area contributed by atoms with Crippen LogP contribution in [0.2, 0.25) is 0 Å². The van der Waals surface area contributed by atoms with Crippen LogP contribution in [0.3, 0.4) is 0 Å². The van der Waals surface area contributed by atoms with Crippen molar-refractivity contribution in [2.75, 3.05) is 19.6 Å². The first-order valence-electron chi connectivity index (χ1n) is 7.68. The SMILES string of the molecule is CC(C)CCN(CCCN)C1CCCCCC1. The number of hydrogen-bond acceptors (Lipinski definition) is 2. The largest absolute Gasteiger partial charge is 0.330 e. The Morgan fingerprint density at radius 2 is 1.71 bits per heavy atom. The Balaban J connectivity index is 2.40. The standard InChI is InChI=1S/C15H32N2/c1-14(2)10-13-17(12-7-11-16)15-8-5-3-4-6-9-15/h14-15H,3-13,16H2,1-2H3. The van der Waals surface area contributed by atoms with Crippen LogP contribution >= 0.6 is 0 Å². The molecule has 0 heterocycles. The Kier molecular flexibility index (Phi) is 7.87. The van der Waals surface area contributed by atoms with Crippen molar-refractivity contribution in [3.8, 4) is 0 Å². The van der Waals surface area contributed by atoms with Gasteiger partial charge in [0.15, 0.2) is 0 Å². The van der Waals surface area contributed by atoms with E-state index in [1.165, 1.54) is 58.0 Å². The summed E-state index contributed by atoms with van der Waals surface area (Å²) in [6.07, 6.45) is 11.1. The number of hydrogen-bond donors (Lipinski definition) is 1. The quantitative estimate of drug-likeness (QED) is 0.691. The highest BCUT2D eigenvalue weighted by Crippen LogP contribution is 2.22. The highest BCUT2D eigenvalue weighted by atomic mass is 15.1. The third-order valence-corrected chi connectivity index (χ3v) is 3.98. The van der Waals surface area contributed by atoms with E-state index < -0.39 is 0 Å². The molecule has 1 saturated carbocycles. The van der Waals surface area contributed by atoms with Gasteiger partial charge in [0.2, 0.25) is 0 Å². The van der Waals surface area contributed by atoms with E-state index in [1.54, 1.807) is 0 Å². The molecular formula is C15H32N2. The van der Waals surface area contributed by atoms with Crippen molar-refractivity contribution in [3.63, 3.8) is 0 Å². The van der Waals surface area contributed by atoms with E-state index >= 15 is 0 Å². The molecule has 1 aliphatic carbocycles. The molecule has 102 valence electrons. The topological polar surface area (TPSA) is 29.3 Å². The first kappa shape index (κ1) is 15.0. The minimum Gasteiger partial charge on any atom is -0.330 e. The van der Waals surface area contributed by atoms with Gasteiger partial charge < -0.3 is 10.6 Å². The van der Waals surface area contributed by atoms with E-state index in [2.05, 4.69) is 18.7 Å². The van der Waals surface area contributed by atoms with Gasteiger partial charge in [-0.05, 0) is 51.2 Å². The van der Waals surface area contributed by atoms with Crippen LogP contribution < -0.4 is 5.73 Å². The maximum Gasteiger partial charge on any atom is 0.00952 e. The fourth-order valence-electron chi connectivity index (χ4n) is 2.82. The lowest BCUT2D eigenvalue weighted by Crippen LogP contribution is -2.37. The zero-order valence-electron chi connectivity index (χ0n) is 12.0. The van der Waals surface area contributed by atoms with E-state index in [4.69, 9.17) is 5.73 Å². The Labute approximate surface area is 108 Å². The zero-order valence-corrected chi connectivity index (χ0v) is 12.0. The highest BCUT2D eigenvalue weighted by Gasteiger charge is 2.19. The van der Waals surface area contributed by atoms with Crippen molar-refractivity contribution < 1.29 is 0 Å². The summed E-state index contributed by atoms with van der Waals surface area (Å²) in [6, 6.07) is 0.850. The molecule has 0 aromatic rings. The van der Waals surface area contributed by atoms with Crippen LogP contribution in [0.15, 0.2) is 0 Å². The molecule has 2 nitrogen and oxygen atoms in total. The minimum absolute atomic E-state index is 0.821. The van der Waals surface area contributed by atoms with Crippen LogP contribution in [0.4, 0.5) is 0 Å². The summed E-state index contributed by atoms with van der Waals surface area (Å²) in [4.78, 5) is 2.73. The van der Waals surface area contributed by atoms with Crippen LogP contribution in [0.5, 0.6) is 0 Å². The third kappa shape index (κ3) is 6.42. The van der Waals surface area contributed by atoms with Crippen molar-refractivity contribution in [2.24, 2.45) is 11.7 Å². The summed E-state index contributed by atoms with van der Waals surface area (Å²) in [6.45, 7) is 7.99. The van der Waals surface area contributed by atoms with E-state index in [0.29, 0.717) is 0 Å². The van der Waals surface area contributed by atoms with Gasteiger partial charge in [0.25, 0.3) is 0 Å². The molecule has 1 fully saturated rings. The normalized spacial score (nSPS) is 18.9. The summed E-state index contributed by atoms with van der Waals surface area (Å²) in [5, 5.41) is 0. The van der Waals surface area contributed by atoms with E-state index in [-0.39, 0.29) is 0 Å². The lowest BCUT2D eigenvalue weighted by atomic mass is 10.0. The van der Waals surface area contributed by atoms with Crippen LogP contribution in [0.1, 0.15) is 65.2 Å². The van der Waals surface area contributed by atoms with Crippen LogP contribution in [-0.2, 0) is 0 Å². The zero-order chi connectivity index (χ0) is 12.5. The maximum atomic E-state index is 5.67. The molecule has 1 aliphatic rings. The molecule has 2 N–H and O–H groups in total. The van der Waals surface area contributed by atoms with Gasteiger partial charge in [-0.1, -0.05) is 39.5 Å².